The van der Waals surface area contributed by atoms with Crippen LogP contribution in [0.25, 0.3) is 0 Å². The Balaban J connectivity index is 0.000000677. The Hall–Kier alpha value is -2.31. The minimum absolute atomic E-state index is 0.0416. The summed E-state index contributed by atoms with van der Waals surface area (Å²) in [5.74, 6) is 0.777. The van der Waals surface area contributed by atoms with Crippen LogP contribution in [0.5, 0.6) is 5.75 Å². The molecule has 1 saturated heterocycles. The molecule has 0 bridgehead atoms. The number of pyridine rings is 1. The maximum Gasteiger partial charge on any atom is 0.410 e. The Labute approximate surface area is 123 Å². The van der Waals surface area contributed by atoms with Gasteiger partial charge in [-0.05, 0) is 32.9 Å². The van der Waals surface area contributed by atoms with E-state index in [9.17, 15) is 4.79 Å². The second-order valence-electron chi connectivity index (χ2n) is 5.41. The molecule has 2 heterocycles. The van der Waals surface area contributed by atoms with Gasteiger partial charge in [0.15, 0.2) is 0 Å². The number of aromatic nitrogens is 1. The molecule has 116 valence electrons. The van der Waals surface area contributed by atoms with Crippen molar-refractivity contribution in [1.82, 2.24) is 9.88 Å². The van der Waals surface area contributed by atoms with E-state index in [1.807, 2.05) is 20.8 Å². The number of carboxylic acid groups (broad SMARTS) is 1. The average molecular weight is 296 g/mol. The molecule has 0 aromatic carbocycles. The topological polar surface area (TPSA) is 89.0 Å². The molecule has 7 nitrogen and oxygen atoms in total. The smallest absolute Gasteiger partial charge is 0.410 e. The van der Waals surface area contributed by atoms with Crippen LogP contribution in [-0.2, 0) is 9.53 Å². The third-order valence-electron chi connectivity index (χ3n) is 2.45. The molecule has 7 heteroatoms. The molecular weight excluding hydrogens is 276 g/mol. The summed E-state index contributed by atoms with van der Waals surface area (Å²) in [7, 11) is 0. The summed E-state index contributed by atoms with van der Waals surface area (Å²) >= 11 is 0. The van der Waals surface area contributed by atoms with Crippen LogP contribution in [0, 0.1) is 0 Å². The van der Waals surface area contributed by atoms with Crippen LogP contribution in [0.4, 0.5) is 4.79 Å². The number of carbonyl (C=O) groups excluding carboxylic acids is 1. The summed E-state index contributed by atoms with van der Waals surface area (Å²) in [6, 6.07) is 3.60. The van der Waals surface area contributed by atoms with Crippen molar-refractivity contribution in [2.24, 2.45) is 0 Å². The minimum Gasteiger partial charge on any atom is -0.487 e. The van der Waals surface area contributed by atoms with Crippen molar-refractivity contribution in [3.8, 4) is 5.75 Å². The first-order valence-corrected chi connectivity index (χ1v) is 6.48. The lowest BCUT2D eigenvalue weighted by molar-refractivity contribution is -0.122. The van der Waals surface area contributed by atoms with Gasteiger partial charge in [0.2, 0.25) is 0 Å². The standard InChI is InChI=1S/C13H18N2O3.CH2O2/c1-13(2,3)18-12(16)15-8-11(9-15)17-10-4-6-14-7-5-10;2-1-3/h4-7,11H,8-9H2,1-3H3;1H,(H,2,3). The van der Waals surface area contributed by atoms with Gasteiger partial charge in [-0.2, -0.15) is 0 Å². The molecule has 1 N–H and O–H groups in total. The highest BCUT2D eigenvalue weighted by Gasteiger charge is 2.35. The van der Waals surface area contributed by atoms with Crippen LogP contribution in [0.1, 0.15) is 20.8 Å². The summed E-state index contributed by atoms with van der Waals surface area (Å²) in [6.07, 6.45) is 3.12. The van der Waals surface area contributed by atoms with Crippen molar-refractivity contribution in [3.05, 3.63) is 24.5 Å². The Morgan fingerprint density at radius 1 is 1.38 bits per heavy atom. The summed E-state index contributed by atoms with van der Waals surface area (Å²) in [4.78, 5) is 25.6. The number of hydrogen-bond donors (Lipinski definition) is 1. The van der Waals surface area contributed by atoms with E-state index in [1.54, 1.807) is 29.4 Å². The normalized spacial score (nSPS) is 14.3. The molecule has 1 aromatic heterocycles. The van der Waals surface area contributed by atoms with E-state index in [4.69, 9.17) is 19.4 Å². The zero-order chi connectivity index (χ0) is 15.9. The average Bonchev–Trinajstić information content (AvgIpc) is 2.33. The lowest BCUT2D eigenvalue weighted by Gasteiger charge is -2.39. The molecule has 21 heavy (non-hydrogen) atoms. The number of rotatable bonds is 2. The van der Waals surface area contributed by atoms with Crippen LogP contribution in [-0.4, -0.2) is 52.4 Å². The highest BCUT2D eigenvalue weighted by atomic mass is 16.6. The molecular formula is C14H20N2O5. The van der Waals surface area contributed by atoms with Gasteiger partial charge in [0.05, 0.1) is 13.1 Å². The fourth-order valence-corrected chi connectivity index (χ4v) is 1.60. The first kappa shape index (κ1) is 16.7. The third kappa shape index (κ3) is 6.11. The molecule has 1 aliphatic heterocycles. The number of likely N-dealkylation sites (tertiary alicyclic amines) is 1. The molecule has 1 aliphatic rings. The zero-order valence-electron chi connectivity index (χ0n) is 12.4. The van der Waals surface area contributed by atoms with Gasteiger partial charge in [-0.1, -0.05) is 0 Å². The molecule has 1 fully saturated rings. The van der Waals surface area contributed by atoms with E-state index < -0.39 is 5.60 Å². The molecule has 0 radical (unpaired) electrons. The van der Waals surface area contributed by atoms with E-state index in [1.165, 1.54) is 0 Å². The van der Waals surface area contributed by atoms with E-state index in [2.05, 4.69) is 4.98 Å². The van der Waals surface area contributed by atoms with E-state index in [0.29, 0.717) is 13.1 Å². The van der Waals surface area contributed by atoms with Gasteiger partial charge in [0.1, 0.15) is 17.5 Å². The van der Waals surface area contributed by atoms with Crippen molar-refractivity contribution in [1.29, 1.82) is 0 Å². The number of carbonyl (C=O) groups is 2. The van der Waals surface area contributed by atoms with Gasteiger partial charge in [-0.3, -0.25) is 9.78 Å². The summed E-state index contributed by atoms with van der Waals surface area (Å²) < 4.78 is 10.9. The molecule has 0 atom stereocenters. The maximum absolute atomic E-state index is 11.7. The first-order chi connectivity index (χ1) is 9.85. The Kier molecular flexibility index (Phi) is 5.95. The fourth-order valence-electron chi connectivity index (χ4n) is 1.60. The molecule has 1 amide bonds. The Morgan fingerprint density at radius 3 is 2.38 bits per heavy atom. The van der Waals surface area contributed by atoms with Gasteiger partial charge >= 0.3 is 6.09 Å². The highest BCUT2D eigenvalue weighted by Crippen LogP contribution is 2.19. The van der Waals surface area contributed by atoms with E-state index in [0.717, 1.165) is 5.75 Å². The van der Waals surface area contributed by atoms with E-state index in [-0.39, 0.29) is 18.7 Å². The largest absolute Gasteiger partial charge is 0.487 e. The first-order valence-electron chi connectivity index (χ1n) is 6.48. The number of hydrogen-bond acceptors (Lipinski definition) is 5. The van der Waals surface area contributed by atoms with Crippen LogP contribution >= 0.6 is 0 Å². The van der Waals surface area contributed by atoms with Crippen molar-refractivity contribution in [3.63, 3.8) is 0 Å². The number of ether oxygens (including phenoxy) is 2. The van der Waals surface area contributed by atoms with Crippen LogP contribution in [0.15, 0.2) is 24.5 Å². The van der Waals surface area contributed by atoms with Crippen LogP contribution in [0.2, 0.25) is 0 Å². The van der Waals surface area contributed by atoms with Gasteiger partial charge in [-0.25, -0.2) is 4.79 Å². The number of nitrogens with zero attached hydrogens (tertiary/aromatic N) is 2. The monoisotopic (exact) mass is 296 g/mol. The number of amides is 1. The Morgan fingerprint density at radius 2 is 1.90 bits per heavy atom. The Bertz CT molecular complexity index is 452. The summed E-state index contributed by atoms with van der Waals surface area (Å²) in [5.41, 5.74) is -0.450. The molecule has 0 unspecified atom stereocenters. The molecule has 1 aromatic rings. The van der Waals surface area contributed by atoms with Crippen LogP contribution < -0.4 is 4.74 Å². The van der Waals surface area contributed by atoms with E-state index >= 15 is 0 Å². The predicted molar refractivity (Wildman–Crippen MR) is 75.2 cm³/mol. The molecule has 0 aliphatic carbocycles. The predicted octanol–water partition coefficient (Wildman–Crippen LogP) is 1.78. The third-order valence-corrected chi connectivity index (χ3v) is 2.45. The fraction of sp³-hybridized carbons (Fsp3) is 0.500. The quantitative estimate of drug-likeness (QED) is 0.837. The van der Waals surface area contributed by atoms with Gasteiger partial charge < -0.3 is 19.5 Å². The SMILES string of the molecule is CC(C)(C)OC(=O)N1CC(Oc2ccncc2)C1.O=CO. The van der Waals surface area contributed by atoms with Crippen molar-refractivity contribution in [2.75, 3.05) is 13.1 Å². The molecule has 0 saturated carbocycles. The minimum atomic E-state index is -0.450. The second kappa shape index (κ2) is 7.47. The lowest BCUT2D eigenvalue weighted by Crippen LogP contribution is -2.57. The van der Waals surface area contributed by atoms with Gasteiger partial charge in [0, 0.05) is 12.4 Å². The second-order valence-corrected chi connectivity index (χ2v) is 5.41. The van der Waals surface area contributed by atoms with Crippen LogP contribution in [0.3, 0.4) is 0 Å². The highest BCUT2D eigenvalue weighted by molar-refractivity contribution is 5.69. The maximum atomic E-state index is 11.7. The molecule has 0 spiro atoms. The van der Waals surface area contributed by atoms with Gasteiger partial charge in [-0.15, -0.1) is 0 Å². The lowest BCUT2D eigenvalue weighted by atomic mass is 10.1. The molecule has 2 rings (SSSR count). The summed E-state index contributed by atoms with van der Waals surface area (Å²) in [6.45, 7) is 6.45. The zero-order valence-corrected chi connectivity index (χ0v) is 12.4. The van der Waals surface area contributed by atoms with Crippen molar-refractivity contribution in [2.45, 2.75) is 32.5 Å². The van der Waals surface area contributed by atoms with Crippen molar-refractivity contribution < 1.29 is 24.2 Å². The summed E-state index contributed by atoms with van der Waals surface area (Å²) in [5, 5.41) is 6.89. The van der Waals surface area contributed by atoms with Gasteiger partial charge in [0.25, 0.3) is 6.47 Å². The van der Waals surface area contributed by atoms with Crippen molar-refractivity contribution >= 4 is 12.6 Å².